The molecular formula is C13H18BrFN2. The Morgan fingerprint density at radius 2 is 2.12 bits per heavy atom. The second-order valence-electron chi connectivity index (χ2n) is 4.78. The standard InChI is InChI=1S/C13H18BrFN2/c1-16-8-13(5-6-13)12(17-2)10-7-9(14)3-4-11(10)15/h3-4,7,12,16-17H,5-6,8H2,1-2H3. The third-order valence-corrected chi connectivity index (χ3v) is 4.08. The van der Waals surface area contributed by atoms with Gasteiger partial charge in [0.25, 0.3) is 0 Å². The molecule has 0 heterocycles. The van der Waals surface area contributed by atoms with Gasteiger partial charge in [-0.3, -0.25) is 0 Å². The van der Waals surface area contributed by atoms with E-state index in [1.807, 2.05) is 20.2 Å². The highest BCUT2D eigenvalue weighted by Gasteiger charge is 2.49. The van der Waals surface area contributed by atoms with Gasteiger partial charge in [-0.05, 0) is 45.1 Å². The van der Waals surface area contributed by atoms with Gasteiger partial charge >= 0.3 is 0 Å². The molecule has 0 saturated heterocycles. The predicted molar refractivity (Wildman–Crippen MR) is 71.5 cm³/mol. The van der Waals surface area contributed by atoms with E-state index in [0.717, 1.165) is 29.4 Å². The molecule has 4 heteroatoms. The molecule has 2 rings (SSSR count). The van der Waals surface area contributed by atoms with Crippen LogP contribution >= 0.6 is 15.9 Å². The van der Waals surface area contributed by atoms with Crippen LogP contribution in [0.15, 0.2) is 22.7 Å². The minimum atomic E-state index is -0.130. The molecule has 0 bridgehead atoms. The molecule has 1 fully saturated rings. The Kier molecular flexibility index (Phi) is 3.85. The summed E-state index contributed by atoms with van der Waals surface area (Å²) in [5.41, 5.74) is 0.931. The first-order valence-electron chi connectivity index (χ1n) is 5.90. The van der Waals surface area contributed by atoms with Crippen molar-refractivity contribution in [2.45, 2.75) is 18.9 Å². The van der Waals surface area contributed by atoms with Crippen LogP contribution in [-0.4, -0.2) is 20.6 Å². The highest BCUT2D eigenvalue weighted by atomic mass is 79.9. The maximum atomic E-state index is 13.9. The topological polar surface area (TPSA) is 24.1 Å². The SMILES string of the molecule is CNCC1(C(NC)c2cc(Br)ccc2F)CC1. The number of benzene rings is 1. The summed E-state index contributed by atoms with van der Waals surface area (Å²) < 4.78 is 14.8. The van der Waals surface area contributed by atoms with Crippen molar-refractivity contribution in [1.29, 1.82) is 0 Å². The van der Waals surface area contributed by atoms with Gasteiger partial charge in [0.2, 0.25) is 0 Å². The van der Waals surface area contributed by atoms with Crippen LogP contribution in [0.2, 0.25) is 0 Å². The van der Waals surface area contributed by atoms with Gasteiger partial charge in [0.1, 0.15) is 5.82 Å². The first-order valence-corrected chi connectivity index (χ1v) is 6.69. The van der Waals surface area contributed by atoms with E-state index in [9.17, 15) is 4.39 Å². The summed E-state index contributed by atoms with van der Waals surface area (Å²) in [5.74, 6) is -0.130. The molecule has 0 aromatic heterocycles. The predicted octanol–water partition coefficient (Wildman–Crippen LogP) is 2.85. The molecule has 1 aromatic rings. The van der Waals surface area contributed by atoms with Crippen LogP contribution in [0.4, 0.5) is 4.39 Å². The highest BCUT2D eigenvalue weighted by Crippen LogP contribution is 2.54. The molecule has 0 amide bonds. The molecule has 0 radical (unpaired) electrons. The van der Waals surface area contributed by atoms with Crippen LogP contribution < -0.4 is 10.6 Å². The van der Waals surface area contributed by atoms with E-state index in [1.54, 1.807) is 6.07 Å². The van der Waals surface area contributed by atoms with Crippen LogP contribution in [0.25, 0.3) is 0 Å². The molecule has 1 unspecified atom stereocenters. The van der Waals surface area contributed by atoms with Crippen molar-refractivity contribution < 1.29 is 4.39 Å². The molecule has 1 aromatic carbocycles. The molecule has 0 aliphatic heterocycles. The van der Waals surface area contributed by atoms with Crippen LogP contribution in [-0.2, 0) is 0 Å². The summed E-state index contributed by atoms with van der Waals surface area (Å²) in [6, 6.07) is 5.22. The summed E-state index contributed by atoms with van der Waals surface area (Å²) in [5, 5.41) is 6.49. The zero-order valence-electron chi connectivity index (χ0n) is 10.2. The van der Waals surface area contributed by atoms with E-state index >= 15 is 0 Å². The summed E-state index contributed by atoms with van der Waals surface area (Å²) in [7, 11) is 3.85. The number of nitrogens with one attached hydrogen (secondary N) is 2. The van der Waals surface area contributed by atoms with Gasteiger partial charge in [0.05, 0.1) is 0 Å². The van der Waals surface area contributed by atoms with Crippen LogP contribution in [0.5, 0.6) is 0 Å². The first-order chi connectivity index (χ1) is 8.13. The largest absolute Gasteiger partial charge is 0.319 e. The number of rotatable bonds is 5. The minimum Gasteiger partial charge on any atom is -0.319 e. The number of halogens is 2. The second-order valence-corrected chi connectivity index (χ2v) is 5.70. The van der Waals surface area contributed by atoms with Crippen molar-refractivity contribution in [3.05, 3.63) is 34.1 Å². The van der Waals surface area contributed by atoms with Gasteiger partial charge < -0.3 is 10.6 Å². The third-order valence-electron chi connectivity index (χ3n) is 3.59. The van der Waals surface area contributed by atoms with E-state index in [4.69, 9.17) is 0 Å². The van der Waals surface area contributed by atoms with Crippen molar-refractivity contribution in [1.82, 2.24) is 10.6 Å². The molecule has 2 nitrogen and oxygen atoms in total. The third kappa shape index (κ3) is 2.54. The van der Waals surface area contributed by atoms with Gasteiger partial charge in [-0.15, -0.1) is 0 Å². The Labute approximate surface area is 110 Å². The Balaban J connectivity index is 2.32. The monoisotopic (exact) mass is 300 g/mol. The lowest BCUT2D eigenvalue weighted by Gasteiger charge is -2.27. The fourth-order valence-electron chi connectivity index (χ4n) is 2.61. The summed E-state index contributed by atoms with van der Waals surface area (Å²) in [6.45, 7) is 0.921. The van der Waals surface area contributed by atoms with Gasteiger partial charge in [-0.1, -0.05) is 15.9 Å². The fourth-order valence-corrected chi connectivity index (χ4v) is 2.99. The molecule has 1 saturated carbocycles. The maximum Gasteiger partial charge on any atom is 0.128 e. The molecular weight excluding hydrogens is 283 g/mol. The van der Waals surface area contributed by atoms with Crippen LogP contribution in [0.3, 0.4) is 0 Å². The Bertz CT molecular complexity index is 404. The lowest BCUT2D eigenvalue weighted by atomic mass is 9.89. The quantitative estimate of drug-likeness (QED) is 0.874. The van der Waals surface area contributed by atoms with E-state index in [-0.39, 0.29) is 17.3 Å². The summed E-state index contributed by atoms with van der Waals surface area (Å²) >= 11 is 3.41. The zero-order valence-corrected chi connectivity index (χ0v) is 11.8. The lowest BCUT2D eigenvalue weighted by molar-refractivity contribution is 0.337. The van der Waals surface area contributed by atoms with Crippen LogP contribution in [0.1, 0.15) is 24.4 Å². The average molecular weight is 301 g/mol. The molecule has 1 aliphatic carbocycles. The van der Waals surface area contributed by atoms with Gasteiger partial charge in [0.15, 0.2) is 0 Å². The Morgan fingerprint density at radius 3 is 2.65 bits per heavy atom. The lowest BCUT2D eigenvalue weighted by Crippen LogP contribution is -2.34. The highest BCUT2D eigenvalue weighted by molar-refractivity contribution is 9.10. The Morgan fingerprint density at radius 1 is 1.41 bits per heavy atom. The van der Waals surface area contributed by atoms with Crippen molar-refractivity contribution in [3.63, 3.8) is 0 Å². The fraction of sp³-hybridized carbons (Fsp3) is 0.538. The van der Waals surface area contributed by atoms with Crippen LogP contribution in [0, 0.1) is 11.2 Å². The van der Waals surface area contributed by atoms with Gasteiger partial charge in [-0.2, -0.15) is 0 Å². The van der Waals surface area contributed by atoms with Crippen molar-refractivity contribution in [2.75, 3.05) is 20.6 Å². The van der Waals surface area contributed by atoms with E-state index in [1.165, 1.54) is 6.07 Å². The molecule has 1 atom stereocenters. The maximum absolute atomic E-state index is 13.9. The zero-order chi connectivity index (χ0) is 12.5. The number of hydrogen-bond donors (Lipinski definition) is 2. The van der Waals surface area contributed by atoms with E-state index in [2.05, 4.69) is 26.6 Å². The van der Waals surface area contributed by atoms with E-state index < -0.39 is 0 Å². The first kappa shape index (κ1) is 13.0. The van der Waals surface area contributed by atoms with Gasteiger partial charge in [0, 0.05) is 28.0 Å². The van der Waals surface area contributed by atoms with E-state index in [0.29, 0.717) is 0 Å². The van der Waals surface area contributed by atoms with Crippen molar-refractivity contribution in [2.24, 2.45) is 5.41 Å². The number of hydrogen-bond acceptors (Lipinski definition) is 2. The smallest absolute Gasteiger partial charge is 0.128 e. The molecule has 0 spiro atoms. The Hall–Kier alpha value is -0.450. The molecule has 2 N–H and O–H groups in total. The second kappa shape index (κ2) is 5.04. The van der Waals surface area contributed by atoms with Gasteiger partial charge in [-0.25, -0.2) is 4.39 Å². The normalized spacial score (nSPS) is 19.1. The molecule has 17 heavy (non-hydrogen) atoms. The molecule has 94 valence electrons. The van der Waals surface area contributed by atoms with Crippen molar-refractivity contribution >= 4 is 15.9 Å². The summed E-state index contributed by atoms with van der Waals surface area (Å²) in [4.78, 5) is 0. The average Bonchev–Trinajstić information content (AvgIpc) is 3.05. The molecule has 1 aliphatic rings. The van der Waals surface area contributed by atoms with Crippen molar-refractivity contribution in [3.8, 4) is 0 Å². The minimum absolute atomic E-state index is 0.0763. The summed E-state index contributed by atoms with van der Waals surface area (Å²) in [6.07, 6.45) is 2.29.